The van der Waals surface area contributed by atoms with Gasteiger partial charge in [-0.15, -0.1) is 0 Å². The molecule has 1 aromatic carbocycles. The lowest BCUT2D eigenvalue weighted by molar-refractivity contribution is 0.0635. The number of carbonyl (C=O) groups excluding carboxylic acids is 1. The number of nitrogens with two attached hydrogens (primary N) is 1. The van der Waals surface area contributed by atoms with Gasteiger partial charge in [0.15, 0.2) is 0 Å². The predicted octanol–water partition coefficient (Wildman–Crippen LogP) is 3.01. The number of carbonyl (C=O) groups is 1. The molecule has 1 aromatic rings. The van der Waals surface area contributed by atoms with Crippen molar-refractivity contribution in [2.75, 3.05) is 19.0 Å². The molecule has 0 saturated carbocycles. The van der Waals surface area contributed by atoms with Gasteiger partial charge in [-0.1, -0.05) is 18.2 Å². The van der Waals surface area contributed by atoms with Crippen LogP contribution in [0.25, 0.3) is 6.08 Å². The minimum Gasteiger partial charge on any atom is -0.495 e. The molecule has 0 aliphatic heterocycles. The average molecular weight is 278 g/mol. The lowest BCUT2D eigenvalue weighted by atomic mass is 10.1. The fraction of sp³-hybridized carbons (Fsp3) is 0.400. The van der Waals surface area contributed by atoms with Gasteiger partial charge in [0.1, 0.15) is 11.4 Å². The third-order valence-electron chi connectivity index (χ3n) is 2.31. The quantitative estimate of drug-likeness (QED) is 0.888. The van der Waals surface area contributed by atoms with Gasteiger partial charge in [-0.3, -0.25) is 5.32 Å². The van der Waals surface area contributed by atoms with Crippen molar-refractivity contribution in [2.45, 2.75) is 26.4 Å². The molecule has 5 heteroatoms. The molecule has 0 atom stereocenters. The van der Waals surface area contributed by atoms with Gasteiger partial charge < -0.3 is 15.2 Å². The van der Waals surface area contributed by atoms with Gasteiger partial charge in [0.25, 0.3) is 0 Å². The molecule has 20 heavy (non-hydrogen) atoms. The van der Waals surface area contributed by atoms with Crippen molar-refractivity contribution in [1.29, 1.82) is 0 Å². The van der Waals surface area contributed by atoms with Crippen LogP contribution in [0.15, 0.2) is 24.3 Å². The summed E-state index contributed by atoms with van der Waals surface area (Å²) in [5.41, 5.74) is 6.35. The third-order valence-corrected chi connectivity index (χ3v) is 2.31. The first kappa shape index (κ1) is 16.0. The van der Waals surface area contributed by atoms with Gasteiger partial charge in [-0.2, -0.15) is 0 Å². The minimum absolute atomic E-state index is 0.459. The second-order valence-corrected chi connectivity index (χ2v) is 5.22. The molecule has 0 radical (unpaired) electrons. The Balaban J connectivity index is 2.91. The van der Waals surface area contributed by atoms with Crippen LogP contribution < -0.4 is 15.8 Å². The maximum Gasteiger partial charge on any atom is 0.412 e. The number of benzene rings is 1. The third kappa shape index (κ3) is 5.32. The van der Waals surface area contributed by atoms with Crippen molar-refractivity contribution in [3.8, 4) is 5.75 Å². The zero-order chi connectivity index (χ0) is 15.2. The van der Waals surface area contributed by atoms with Crippen LogP contribution in [0, 0.1) is 0 Å². The Morgan fingerprint density at radius 1 is 1.40 bits per heavy atom. The highest BCUT2D eigenvalue weighted by Gasteiger charge is 2.17. The maximum atomic E-state index is 11.8. The Labute approximate surface area is 119 Å². The van der Waals surface area contributed by atoms with E-state index in [2.05, 4.69) is 5.32 Å². The molecule has 0 saturated heterocycles. The first-order valence-electron chi connectivity index (χ1n) is 6.40. The number of methoxy groups -OCH3 is 1. The largest absolute Gasteiger partial charge is 0.495 e. The van der Waals surface area contributed by atoms with Crippen LogP contribution in [0.4, 0.5) is 10.5 Å². The second kappa shape index (κ2) is 6.96. The van der Waals surface area contributed by atoms with E-state index in [1.807, 2.05) is 39.0 Å². The molecule has 5 nitrogen and oxygen atoms in total. The topological polar surface area (TPSA) is 73.6 Å². The molecule has 1 rings (SSSR count). The maximum absolute atomic E-state index is 11.8. The number of anilines is 1. The van der Waals surface area contributed by atoms with Crippen LogP contribution in [-0.4, -0.2) is 25.3 Å². The Morgan fingerprint density at radius 2 is 2.10 bits per heavy atom. The fourth-order valence-corrected chi connectivity index (χ4v) is 1.54. The molecule has 0 aromatic heterocycles. The summed E-state index contributed by atoms with van der Waals surface area (Å²) in [6, 6.07) is 5.46. The average Bonchev–Trinajstić information content (AvgIpc) is 2.34. The van der Waals surface area contributed by atoms with Crippen molar-refractivity contribution in [1.82, 2.24) is 0 Å². The Bertz CT molecular complexity index is 490. The van der Waals surface area contributed by atoms with Crippen LogP contribution in [0.2, 0.25) is 0 Å². The summed E-state index contributed by atoms with van der Waals surface area (Å²) in [5.74, 6) is 0.570. The van der Waals surface area contributed by atoms with Crippen LogP contribution >= 0.6 is 0 Å². The van der Waals surface area contributed by atoms with E-state index in [1.54, 1.807) is 19.2 Å². The first-order valence-corrected chi connectivity index (χ1v) is 6.40. The molecule has 0 bridgehead atoms. The molecular weight excluding hydrogens is 256 g/mol. The smallest absolute Gasteiger partial charge is 0.412 e. The predicted molar refractivity (Wildman–Crippen MR) is 80.9 cm³/mol. The van der Waals surface area contributed by atoms with Gasteiger partial charge in [0.05, 0.1) is 12.8 Å². The van der Waals surface area contributed by atoms with E-state index in [9.17, 15) is 4.79 Å². The number of nitrogens with one attached hydrogen (secondary N) is 1. The Kier molecular flexibility index (Phi) is 5.58. The van der Waals surface area contributed by atoms with E-state index in [-0.39, 0.29) is 0 Å². The molecule has 0 aliphatic carbocycles. The van der Waals surface area contributed by atoms with Crippen LogP contribution in [0.1, 0.15) is 26.3 Å². The minimum atomic E-state index is -0.547. The van der Waals surface area contributed by atoms with E-state index >= 15 is 0 Å². The SMILES string of the molecule is COc1ccc(/C=C/CN)cc1NC(=O)OC(C)(C)C. The van der Waals surface area contributed by atoms with Crippen LogP contribution in [-0.2, 0) is 4.74 Å². The molecule has 0 fully saturated rings. The van der Waals surface area contributed by atoms with E-state index in [0.29, 0.717) is 18.0 Å². The second-order valence-electron chi connectivity index (χ2n) is 5.22. The summed E-state index contributed by atoms with van der Waals surface area (Å²) in [4.78, 5) is 11.8. The van der Waals surface area contributed by atoms with Gasteiger partial charge in [0.2, 0.25) is 0 Å². The first-order chi connectivity index (χ1) is 9.35. The molecule has 0 unspecified atom stereocenters. The van der Waals surface area contributed by atoms with Gasteiger partial charge in [-0.05, 0) is 38.5 Å². The normalized spacial score (nSPS) is 11.4. The van der Waals surface area contributed by atoms with Crippen LogP contribution in [0.5, 0.6) is 5.75 Å². The van der Waals surface area contributed by atoms with Crippen molar-refractivity contribution in [3.63, 3.8) is 0 Å². The number of amides is 1. The molecule has 1 amide bonds. The monoisotopic (exact) mass is 278 g/mol. The van der Waals surface area contributed by atoms with E-state index < -0.39 is 11.7 Å². The molecule has 0 aliphatic rings. The summed E-state index contributed by atoms with van der Waals surface area (Å²) in [7, 11) is 1.55. The van der Waals surface area contributed by atoms with E-state index in [4.69, 9.17) is 15.2 Å². The van der Waals surface area contributed by atoms with Crippen molar-refractivity contribution < 1.29 is 14.3 Å². The number of hydrogen-bond donors (Lipinski definition) is 2. The number of rotatable bonds is 4. The highest BCUT2D eigenvalue weighted by molar-refractivity contribution is 5.87. The number of ether oxygens (including phenoxy) is 2. The summed E-state index contributed by atoms with van der Waals surface area (Å²) in [6.07, 6.45) is 3.19. The molecule has 110 valence electrons. The van der Waals surface area contributed by atoms with Gasteiger partial charge in [0, 0.05) is 6.54 Å². The number of hydrogen-bond acceptors (Lipinski definition) is 4. The summed E-state index contributed by atoms with van der Waals surface area (Å²) in [6.45, 7) is 5.89. The van der Waals surface area contributed by atoms with Gasteiger partial charge >= 0.3 is 6.09 Å². The van der Waals surface area contributed by atoms with Crippen molar-refractivity contribution >= 4 is 17.9 Å². The highest BCUT2D eigenvalue weighted by atomic mass is 16.6. The summed E-state index contributed by atoms with van der Waals surface area (Å²) >= 11 is 0. The fourth-order valence-electron chi connectivity index (χ4n) is 1.54. The lowest BCUT2D eigenvalue weighted by Crippen LogP contribution is -2.27. The standard InChI is InChI=1S/C15H22N2O3/c1-15(2,3)20-14(18)17-12-10-11(6-5-9-16)7-8-13(12)19-4/h5-8,10H,9,16H2,1-4H3,(H,17,18)/b6-5+. The zero-order valence-corrected chi connectivity index (χ0v) is 12.4. The molecule has 0 spiro atoms. The molecule has 0 heterocycles. The lowest BCUT2D eigenvalue weighted by Gasteiger charge is -2.20. The molecular formula is C15H22N2O3. The summed E-state index contributed by atoms with van der Waals surface area (Å²) in [5, 5.41) is 2.68. The highest BCUT2D eigenvalue weighted by Crippen LogP contribution is 2.26. The van der Waals surface area contributed by atoms with Crippen molar-refractivity contribution in [3.05, 3.63) is 29.8 Å². The summed E-state index contributed by atoms with van der Waals surface area (Å²) < 4.78 is 10.4. The zero-order valence-electron chi connectivity index (χ0n) is 12.4. The Hall–Kier alpha value is -2.01. The van der Waals surface area contributed by atoms with Gasteiger partial charge in [-0.25, -0.2) is 4.79 Å². The van der Waals surface area contributed by atoms with E-state index in [0.717, 1.165) is 5.56 Å². The Morgan fingerprint density at radius 3 is 2.65 bits per heavy atom. The van der Waals surface area contributed by atoms with Crippen LogP contribution in [0.3, 0.4) is 0 Å². The van der Waals surface area contributed by atoms with E-state index in [1.165, 1.54) is 0 Å². The van der Waals surface area contributed by atoms with Crippen molar-refractivity contribution in [2.24, 2.45) is 5.73 Å². The molecule has 3 N–H and O–H groups in total.